The molecule has 2 heterocycles. The summed E-state index contributed by atoms with van der Waals surface area (Å²) in [6, 6.07) is 11.2. The average Bonchev–Trinajstić information content (AvgIpc) is 3.26. The lowest BCUT2D eigenvalue weighted by molar-refractivity contribution is 0.0507. The largest absolute Gasteiger partial charge is 0.477 e. The third-order valence-electron chi connectivity index (χ3n) is 4.01. The van der Waals surface area contributed by atoms with Crippen LogP contribution >= 0.6 is 11.3 Å². The van der Waals surface area contributed by atoms with Crippen molar-refractivity contribution in [2.45, 2.75) is 25.5 Å². The topological polar surface area (TPSA) is 66.8 Å². The number of rotatable bonds is 6. The van der Waals surface area contributed by atoms with Crippen LogP contribution in [0.4, 0.5) is 0 Å². The van der Waals surface area contributed by atoms with E-state index < -0.39 is 5.97 Å². The van der Waals surface area contributed by atoms with Crippen LogP contribution in [0.2, 0.25) is 0 Å². The van der Waals surface area contributed by atoms with Crippen LogP contribution in [0.5, 0.6) is 0 Å². The van der Waals surface area contributed by atoms with E-state index in [0.29, 0.717) is 18.7 Å². The smallest absolute Gasteiger partial charge is 0.345 e. The van der Waals surface area contributed by atoms with Crippen LogP contribution in [0.3, 0.4) is 0 Å². The molecule has 1 aliphatic heterocycles. The summed E-state index contributed by atoms with van der Waals surface area (Å²) in [5, 5.41) is 10.7. The number of amides is 1. The lowest BCUT2D eigenvalue weighted by Gasteiger charge is -2.25. The summed E-state index contributed by atoms with van der Waals surface area (Å²) in [5.41, 5.74) is 1.46. The predicted molar refractivity (Wildman–Crippen MR) is 91.4 cm³/mol. The van der Waals surface area contributed by atoms with Gasteiger partial charge in [0.15, 0.2) is 0 Å². The number of hydrogen-bond donors (Lipinski definition) is 1. The molecule has 1 atom stereocenters. The predicted octanol–water partition coefficient (Wildman–Crippen LogP) is 3.27. The first-order chi connectivity index (χ1) is 11.6. The average molecular weight is 345 g/mol. The first kappa shape index (κ1) is 16.7. The zero-order chi connectivity index (χ0) is 16.9. The number of thiophene rings is 1. The summed E-state index contributed by atoms with van der Waals surface area (Å²) in [6.07, 6.45) is 2.01. The molecule has 1 aromatic carbocycles. The third kappa shape index (κ3) is 4.01. The van der Waals surface area contributed by atoms with Gasteiger partial charge in [0.1, 0.15) is 4.88 Å². The fourth-order valence-electron chi connectivity index (χ4n) is 2.80. The van der Waals surface area contributed by atoms with E-state index in [2.05, 4.69) is 0 Å². The van der Waals surface area contributed by atoms with Crippen LogP contribution in [-0.4, -0.2) is 41.1 Å². The Morgan fingerprint density at radius 2 is 2.08 bits per heavy atom. The summed E-state index contributed by atoms with van der Waals surface area (Å²) in [6.45, 7) is 1.74. The van der Waals surface area contributed by atoms with Crippen LogP contribution in [-0.2, 0) is 11.3 Å². The lowest BCUT2D eigenvalue weighted by atomic mass is 10.1. The minimum absolute atomic E-state index is 0.0512. The van der Waals surface area contributed by atoms with E-state index in [4.69, 9.17) is 9.84 Å². The Hall–Kier alpha value is -2.18. The molecular formula is C18H19NO4S. The van der Waals surface area contributed by atoms with E-state index >= 15 is 0 Å². The third-order valence-corrected chi connectivity index (χ3v) is 4.93. The molecular weight excluding hydrogens is 326 g/mol. The maximum atomic E-state index is 12.9. The van der Waals surface area contributed by atoms with Gasteiger partial charge in [-0.3, -0.25) is 4.79 Å². The standard InChI is InChI=1S/C18H19NO4S/c20-17(14-9-16(18(21)22)24-12-14)19(11-15-7-4-8-23-15)10-13-5-2-1-3-6-13/h1-3,5-6,9,12,15H,4,7-8,10-11H2,(H,21,22). The molecule has 0 bridgehead atoms. The Labute approximate surface area is 144 Å². The van der Waals surface area contributed by atoms with Gasteiger partial charge in [0.2, 0.25) is 0 Å². The molecule has 0 radical (unpaired) electrons. The molecule has 1 aromatic heterocycles. The summed E-state index contributed by atoms with van der Waals surface area (Å²) < 4.78 is 5.67. The van der Waals surface area contributed by atoms with Gasteiger partial charge in [-0.25, -0.2) is 4.79 Å². The molecule has 126 valence electrons. The number of ether oxygens (including phenoxy) is 1. The number of hydrogen-bond acceptors (Lipinski definition) is 4. The van der Waals surface area contributed by atoms with Crippen molar-refractivity contribution in [3.05, 3.63) is 57.8 Å². The maximum Gasteiger partial charge on any atom is 0.345 e. The number of carboxylic acids is 1. The van der Waals surface area contributed by atoms with Crippen molar-refractivity contribution in [2.24, 2.45) is 0 Å². The second-order valence-electron chi connectivity index (χ2n) is 5.81. The van der Waals surface area contributed by atoms with Gasteiger partial charge in [-0.1, -0.05) is 30.3 Å². The summed E-state index contributed by atoms with van der Waals surface area (Å²) in [5.74, 6) is -1.16. The van der Waals surface area contributed by atoms with Gasteiger partial charge in [0.05, 0.1) is 11.7 Å². The van der Waals surface area contributed by atoms with Gasteiger partial charge in [-0.2, -0.15) is 0 Å². The minimum Gasteiger partial charge on any atom is -0.477 e. The molecule has 0 saturated carbocycles. The second kappa shape index (κ2) is 7.59. The molecule has 6 heteroatoms. The van der Waals surface area contributed by atoms with Gasteiger partial charge in [0, 0.05) is 25.1 Å². The number of carbonyl (C=O) groups excluding carboxylic acids is 1. The monoisotopic (exact) mass is 345 g/mol. The van der Waals surface area contributed by atoms with Crippen molar-refractivity contribution >= 4 is 23.2 Å². The van der Waals surface area contributed by atoms with Crippen LogP contribution in [0.25, 0.3) is 0 Å². The molecule has 1 N–H and O–H groups in total. The van der Waals surface area contributed by atoms with Crippen molar-refractivity contribution in [1.29, 1.82) is 0 Å². The van der Waals surface area contributed by atoms with E-state index in [0.717, 1.165) is 36.3 Å². The van der Waals surface area contributed by atoms with E-state index in [9.17, 15) is 9.59 Å². The second-order valence-corrected chi connectivity index (χ2v) is 6.72. The van der Waals surface area contributed by atoms with Crippen molar-refractivity contribution < 1.29 is 19.4 Å². The molecule has 24 heavy (non-hydrogen) atoms. The van der Waals surface area contributed by atoms with Crippen molar-refractivity contribution in [2.75, 3.05) is 13.2 Å². The molecule has 1 saturated heterocycles. The summed E-state index contributed by atoms with van der Waals surface area (Å²) >= 11 is 1.07. The highest BCUT2D eigenvalue weighted by Crippen LogP contribution is 2.20. The van der Waals surface area contributed by atoms with Crippen molar-refractivity contribution in [1.82, 2.24) is 4.90 Å². The highest BCUT2D eigenvalue weighted by Gasteiger charge is 2.24. The van der Waals surface area contributed by atoms with E-state index in [1.807, 2.05) is 30.3 Å². The normalized spacial score (nSPS) is 16.9. The first-order valence-electron chi connectivity index (χ1n) is 7.90. The molecule has 0 aliphatic carbocycles. The van der Waals surface area contributed by atoms with E-state index in [1.54, 1.807) is 10.3 Å². The Kier molecular flexibility index (Phi) is 5.27. The van der Waals surface area contributed by atoms with Crippen LogP contribution in [0, 0.1) is 0 Å². The molecule has 2 aromatic rings. The van der Waals surface area contributed by atoms with E-state index in [-0.39, 0.29) is 16.9 Å². The fourth-order valence-corrected chi connectivity index (χ4v) is 3.52. The lowest BCUT2D eigenvalue weighted by Crippen LogP contribution is -2.36. The summed E-state index contributed by atoms with van der Waals surface area (Å²) in [4.78, 5) is 25.8. The molecule has 1 unspecified atom stereocenters. The molecule has 1 amide bonds. The van der Waals surface area contributed by atoms with Gasteiger partial charge < -0.3 is 14.7 Å². The molecule has 3 rings (SSSR count). The number of nitrogens with zero attached hydrogens (tertiary/aromatic N) is 1. The van der Waals surface area contributed by atoms with Crippen molar-refractivity contribution in [3.63, 3.8) is 0 Å². The van der Waals surface area contributed by atoms with Gasteiger partial charge in [-0.15, -0.1) is 11.3 Å². The van der Waals surface area contributed by atoms with Crippen LogP contribution in [0.1, 0.15) is 38.4 Å². The Morgan fingerprint density at radius 1 is 1.29 bits per heavy atom. The SMILES string of the molecule is O=C(O)c1cc(C(=O)N(Cc2ccccc2)CC2CCCO2)cs1. The fraction of sp³-hybridized carbons (Fsp3) is 0.333. The Bertz CT molecular complexity index is 707. The Morgan fingerprint density at radius 3 is 2.71 bits per heavy atom. The summed E-state index contributed by atoms with van der Waals surface area (Å²) in [7, 11) is 0. The number of carboxylic acid groups (broad SMARTS) is 1. The minimum atomic E-state index is -1.01. The Balaban J connectivity index is 1.78. The quantitative estimate of drug-likeness (QED) is 0.872. The van der Waals surface area contributed by atoms with Crippen molar-refractivity contribution in [3.8, 4) is 0 Å². The number of benzene rings is 1. The first-order valence-corrected chi connectivity index (χ1v) is 8.78. The number of aromatic carboxylic acids is 1. The van der Waals surface area contributed by atoms with Gasteiger partial charge in [0.25, 0.3) is 5.91 Å². The molecule has 0 spiro atoms. The van der Waals surface area contributed by atoms with Crippen LogP contribution in [0.15, 0.2) is 41.8 Å². The number of carbonyl (C=O) groups is 2. The zero-order valence-electron chi connectivity index (χ0n) is 13.2. The van der Waals surface area contributed by atoms with Gasteiger partial charge in [-0.05, 0) is 24.5 Å². The van der Waals surface area contributed by atoms with Gasteiger partial charge >= 0.3 is 5.97 Å². The van der Waals surface area contributed by atoms with Crippen LogP contribution < -0.4 is 0 Å². The zero-order valence-corrected chi connectivity index (χ0v) is 14.0. The van der Waals surface area contributed by atoms with E-state index in [1.165, 1.54) is 6.07 Å². The molecule has 1 fully saturated rings. The molecule has 1 aliphatic rings. The molecule has 5 nitrogen and oxygen atoms in total. The highest BCUT2D eigenvalue weighted by atomic mass is 32.1. The maximum absolute atomic E-state index is 12.9. The highest BCUT2D eigenvalue weighted by molar-refractivity contribution is 7.12.